The molecule has 0 atom stereocenters. The molecule has 0 heterocycles. The largest absolute Gasteiger partial charge is 0.416 e. The Morgan fingerprint density at radius 1 is 1.00 bits per heavy atom. The second-order valence-electron chi connectivity index (χ2n) is 4.40. The van der Waals surface area contributed by atoms with Crippen LogP contribution in [-0.4, -0.2) is 17.3 Å². The fourth-order valence-corrected chi connectivity index (χ4v) is 1.59. The average Bonchev–Trinajstić information content (AvgIpc) is 2.45. The maximum Gasteiger partial charge on any atom is 0.416 e. The highest BCUT2D eigenvalue weighted by atomic mass is 19.4. The first kappa shape index (κ1) is 18.7. The lowest BCUT2D eigenvalue weighted by atomic mass is 10.0. The van der Waals surface area contributed by atoms with Crippen molar-refractivity contribution in [3.05, 3.63) is 47.5 Å². The van der Waals surface area contributed by atoms with Gasteiger partial charge in [-0.15, -0.1) is 6.58 Å². The van der Waals surface area contributed by atoms with Gasteiger partial charge in [-0.2, -0.15) is 26.3 Å². The fraction of sp³-hybridized carbons (Fsp3) is 0.286. The van der Waals surface area contributed by atoms with Crippen LogP contribution in [0.25, 0.3) is 0 Å². The molecule has 1 aromatic rings. The van der Waals surface area contributed by atoms with Crippen LogP contribution in [0.5, 0.6) is 0 Å². The van der Waals surface area contributed by atoms with E-state index < -0.39 is 34.9 Å². The molecule has 3 nitrogen and oxygen atoms in total. The zero-order valence-corrected chi connectivity index (χ0v) is 11.6. The summed E-state index contributed by atoms with van der Waals surface area (Å²) < 4.78 is 76.4. The Labute approximate surface area is 127 Å². The highest BCUT2D eigenvalue weighted by molar-refractivity contribution is 6.02. The molecule has 0 fully saturated rings. The van der Waals surface area contributed by atoms with Crippen LogP contribution in [0.1, 0.15) is 29.5 Å². The van der Waals surface area contributed by atoms with Gasteiger partial charge in [-0.25, -0.2) is 4.99 Å². The molecule has 0 radical (unpaired) electrons. The van der Waals surface area contributed by atoms with Crippen molar-refractivity contribution in [3.8, 4) is 0 Å². The van der Waals surface area contributed by atoms with Crippen molar-refractivity contribution in [2.75, 3.05) is 0 Å². The van der Waals surface area contributed by atoms with Crippen molar-refractivity contribution in [2.45, 2.75) is 25.2 Å². The first-order valence-electron chi connectivity index (χ1n) is 6.25. The minimum Gasteiger partial charge on any atom is -0.409 e. The Hall–Kier alpha value is -2.32. The Morgan fingerprint density at radius 2 is 1.52 bits per heavy atom. The van der Waals surface area contributed by atoms with Crippen LogP contribution in [0.3, 0.4) is 0 Å². The van der Waals surface area contributed by atoms with Gasteiger partial charge < -0.3 is 5.21 Å². The molecule has 0 bridgehead atoms. The number of halogens is 6. The second kappa shape index (κ2) is 7.30. The van der Waals surface area contributed by atoms with E-state index in [2.05, 4.69) is 16.7 Å². The number of unbranched alkanes of at least 4 members (excludes halogenated alkanes) is 1. The number of benzene rings is 1. The van der Waals surface area contributed by atoms with Crippen molar-refractivity contribution < 1.29 is 31.5 Å². The lowest BCUT2D eigenvalue weighted by Gasteiger charge is -2.13. The maximum atomic E-state index is 12.7. The minimum absolute atomic E-state index is 0.0140. The Balaban J connectivity index is 3.33. The summed E-state index contributed by atoms with van der Waals surface area (Å²) in [6.45, 7) is 3.44. The molecule has 1 N–H and O–H groups in total. The molecule has 0 aliphatic rings. The summed E-state index contributed by atoms with van der Waals surface area (Å²) in [7, 11) is 0. The van der Waals surface area contributed by atoms with Gasteiger partial charge in [0.2, 0.25) is 0 Å². The number of allylic oxidation sites excluding steroid dienone is 1. The summed E-state index contributed by atoms with van der Waals surface area (Å²) in [5.41, 5.74) is -3.61. The number of rotatable bonds is 4. The average molecular weight is 338 g/mol. The molecule has 1 rings (SSSR count). The topological polar surface area (TPSA) is 45.0 Å². The third-order valence-corrected chi connectivity index (χ3v) is 2.65. The molecule has 0 spiro atoms. The molecule has 0 saturated carbocycles. The standard InChI is InChI=1S/C14H12F6N2O/c1-2-3-4-5-21-12(22-23)9-6-10(13(15,16)17)8-11(7-9)14(18,19)20/h2,5-8,23H,1,3-4H2/b21-5?,22-12-. The molecule has 0 unspecified atom stereocenters. The van der Waals surface area contributed by atoms with E-state index in [9.17, 15) is 26.3 Å². The van der Waals surface area contributed by atoms with Crippen LogP contribution in [0.4, 0.5) is 26.3 Å². The summed E-state index contributed by atoms with van der Waals surface area (Å²) in [5.74, 6) is -0.648. The van der Waals surface area contributed by atoms with Crippen molar-refractivity contribution >= 4 is 12.1 Å². The monoisotopic (exact) mass is 338 g/mol. The highest BCUT2D eigenvalue weighted by Crippen LogP contribution is 2.36. The lowest BCUT2D eigenvalue weighted by Crippen LogP contribution is -2.13. The van der Waals surface area contributed by atoms with E-state index in [0.717, 1.165) is 0 Å². The molecular weight excluding hydrogens is 326 g/mol. The molecule has 0 aliphatic heterocycles. The van der Waals surface area contributed by atoms with Gasteiger partial charge in [0.25, 0.3) is 0 Å². The Bertz CT molecular complexity index is 584. The van der Waals surface area contributed by atoms with Crippen LogP contribution in [-0.2, 0) is 12.4 Å². The van der Waals surface area contributed by atoms with Crippen molar-refractivity contribution in [1.82, 2.24) is 0 Å². The number of alkyl halides is 6. The zero-order chi connectivity index (χ0) is 17.7. The maximum absolute atomic E-state index is 12.7. The van der Waals surface area contributed by atoms with Crippen molar-refractivity contribution in [1.29, 1.82) is 0 Å². The lowest BCUT2D eigenvalue weighted by molar-refractivity contribution is -0.143. The molecule has 0 aromatic heterocycles. The smallest absolute Gasteiger partial charge is 0.409 e. The normalized spacial score (nSPS) is 13.6. The van der Waals surface area contributed by atoms with Gasteiger partial charge in [0, 0.05) is 11.8 Å². The van der Waals surface area contributed by atoms with E-state index >= 15 is 0 Å². The first-order valence-corrected chi connectivity index (χ1v) is 6.25. The Morgan fingerprint density at radius 3 is 1.91 bits per heavy atom. The van der Waals surface area contributed by atoms with Gasteiger partial charge in [-0.05, 0) is 31.0 Å². The van der Waals surface area contributed by atoms with Gasteiger partial charge >= 0.3 is 12.4 Å². The van der Waals surface area contributed by atoms with E-state index in [4.69, 9.17) is 5.21 Å². The SMILES string of the molecule is C=CCCC=N/C(=N\O)c1cc(C(F)(F)F)cc(C(F)(F)F)c1. The molecular formula is C14H12F6N2O. The molecule has 23 heavy (non-hydrogen) atoms. The van der Waals surface area contributed by atoms with Gasteiger partial charge in [0.05, 0.1) is 11.1 Å². The van der Waals surface area contributed by atoms with E-state index in [1.807, 2.05) is 0 Å². The van der Waals surface area contributed by atoms with Crippen LogP contribution < -0.4 is 0 Å². The molecule has 0 aliphatic carbocycles. The highest BCUT2D eigenvalue weighted by Gasteiger charge is 2.37. The minimum atomic E-state index is -4.98. The van der Waals surface area contributed by atoms with Gasteiger partial charge in [-0.1, -0.05) is 11.2 Å². The third kappa shape index (κ3) is 5.42. The zero-order valence-electron chi connectivity index (χ0n) is 11.6. The van der Waals surface area contributed by atoms with Crippen molar-refractivity contribution in [3.63, 3.8) is 0 Å². The number of aliphatic imine (C=N–C) groups is 1. The predicted octanol–water partition coefficient (Wildman–Crippen LogP) is 4.90. The second-order valence-corrected chi connectivity index (χ2v) is 4.40. The summed E-state index contributed by atoms with van der Waals surface area (Å²) in [4.78, 5) is 3.59. The van der Waals surface area contributed by atoms with Gasteiger partial charge in [0.1, 0.15) is 0 Å². The predicted molar refractivity (Wildman–Crippen MR) is 72.7 cm³/mol. The summed E-state index contributed by atoms with van der Waals surface area (Å²) in [5, 5.41) is 11.5. The number of nitrogens with zero attached hydrogens (tertiary/aromatic N) is 2. The summed E-state index contributed by atoms with van der Waals surface area (Å²) in [6.07, 6.45) is -6.36. The molecule has 9 heteroatoms. The third-order valence-electron chi connectivity index (χ3n) is 2.65. The van der Waals surface area contributed by atoms with Crippen LogP contribution >= 0.6 is 0 Å². The quantitative estimate of drug-likeness (QED) is 0.159. The van der Waals surface area contributed by atoms with Gasteiger partial charge in [-0.3, -0.25) is 0 Å². The molecule has 126 valence electrons. The van der Waals surface area contributed by atoms with Crippen LogP contribution in [0.15, 0.2) is 41.0 Å². The van der Waals surface area contributed by atoms with E-state index in [0.29, 0.717) is 25.0 Å². The van der Waals surface area contributed by atoms with Crippen LogP contribution in [0.2, 0.25) is 0 Å². The van der Waals surface area contributed by atoms with Crippen molar-refractivity contribution in [2.24, 2.45) is 10.1 Å². The summed E-state index contributed by atoms with van der Waals surface area (Å²) in [6, 6.07) is 0.865. The fourth-order valence-electron chi connectivity index (χ4n) is 1.59. The number of hydrogen-bond acceptors (Lipinski definition) is 2. The van der Waals surface area contributed by atoms with E-state index in [1.165, 1.54) is 6.21 Å². The van der Waals surface area contributed by atoms with Crippen LogP contribution in [0, 0.1) is 0 Å². The van der Waals surface area contributed by atoms with Gasteiger partial charge in [0.15, 0.2) is 5.84 Å². The number of oxime groups is 1. The summed E-state index contributed by atoms with van der Waals surface area (Å²) >= 11 is 0. The van der Waals surface area contributed by atoms with E-state index in [-0.39, 0.29) is 6.07 Å². The molecule has 0 amide bonds. The number of amidine groups is 1. The van der Waals surface area contributed by atoms with E-state index in [1.54, 1.807) is 6.08 Å². The molecule has 1 aromatic carbocycles. The molecule has 0 saturated heterocycles. The first-order chi connectivity index (χ1) is 10.6. The Kier molecular flexibility index (Phi) is 5.94. The number of hydrogen-bond donors (Lipinski definition) is 1.